The molecule has 0 aromatic rings. The Labute approximate surface area is 329 Å². The van der Waals surface area contributed by atoms with Crippen molar-refractivity contribution in [1.82, 2.24) is 0 Å². The van der Waals surface area contributed by atoms with Crippen LogP contribution in [-0.4, -0.2) is 80.6 Å². The van der Waals surface area contributed by atoms with Crippen molar-refractivity contribution in [1.29, 1.82) is 0 Å². The van der Waals surface area contributed by atoms with E-state index in [1.54, 1.807) is 0 Å². The molecule has 0 radical (unpaired) electrons. The van der Waals surface area contributed by atoms with E-state index in [0.29, 0.717) is 19.3 Å². The first-order valence-electron chi connectivity index (χ1n) is 20.7. The molecule has 0 aromatic heterocycles. The summed E-state index contributed by atoms with van der Waals surface area (Å²) < 4.78 is 17.1. The number of aliphatic carboxylic acids is 1. The number of carbonyl (C=O) groups excluding carboxylic acids is 2. The Bertz CT molecular complexity index is 1160. The monoisotopic (exact) mass is 755 g/mol. The molecule has 0 aliphatic rings. The van der Waals surface area contributed by atoms with E-state index in [0.717, 1.165) is 70.6 Å². The van der Waals surface area contributed by atoms with E-state index in [4.69, 9.17) is 14.2 Å². The Morgan fingerprint density at radius 1 is 0.593 bits per heavy atom. The molecule has 54 heavy (non-hydrogen) atoms. The number of rotatable bonds is 35. The summed E-state index contributed by atoms with van der Waals surface area (Å²) in [6.07, 6.45) is 46.3. The van der Waals surface area contributed by atoms with Gasteiger partial charge in [-0.3, -0.25) is 9.59 Å². The van der Waals surface area contributed by atoms with Crippen molar-refractivity contribution in [2.24, 2.45) is 0 Å². The quantitative estimate of drug-likeness (QED) is 0.0226. The minimum Gasteiger partial charge on any atom is -0.477 e. The molecule has 306 valence electrons. The normalized spacial score (nSPS) is 13.9. The SMILES string of the molecule is CC/C=C/C=C/C=C/CCCCCCCC(=O)OCC(COCCC(C(=O)O)[N+](C)(C)C)OC(=O)CCC/C=C/C/C=C/C/C=C/C/C=C/CCCCC. The summed E-state index contributed by atoms with van der Waals surface area (Å²) in [4.78, 5) is 36.9. The highest BCUT2D eigenvalue weighted by Crippen LogP contribution is 2.11. The summed E-state index contributed by atoms with van der Waals surface area (Å²) in [5.74, 6) is -1.58. The fourth-order valence-corrected chi connectivity index (χ4v) is 5.38. The molecule has 0 fully saturated rings. The van der Waals surface area contributed by atoms with Gasteiger partial charge in [0.1, 0.15) is 6.61 Å². The minimum atomic E-state index is -0.891. The largest absolute Gasteiger partial charge is 0.477 e. The Kier molecular flexibility index (Phi) is 34.1. The number of allylic oxidation sites excluding steroid dienone is 14. The summed E-state index contributed by atoms with van der Waals surface area (Å²) >= 11 is 0. The number of unbranched alkanes of at least 4 members (excludes halogenated alkanes) is 9. The van der Waals surface area contributed by atoms with E-state index in [1.807, 2.05) is 33.3 Å². The van der Waals surface area contributed by atoms with E-state index in [2.05, 4.69) is 86.8 Å². The Balaban J connectivity index is 4.54. The van der Waals surface area contributed by atoms with Gasteiger partial charge in [-0.05, 0) is 70.6 Å². The van der Waals surface area contributed by atoms with E-state index in [1.165, 1.54) is 25.7 Å². The van der Waals surface area contributed by atoms with Gasteiger partial charge in [-0.25, -0.2) is 4.79 Å². The molecular weight excluding hydrogens is 679 g/mol. The molecule has 0 amide bonds. The van der Waals surface area contributed by atoms with Gasteiger partial charge in [0.05, 0.1) is 34.4 Å². The molecule has 0 heterocycles. The lowest BCUT2D eigenvalue weighted by molar-refractivity contribution is -0.887. The third-order valence-electron chi connectivity index (χ3n) is 8.59. The van der Waals surface area contributed by atoms with Crippen molar-refractivity contribution in [3.63, 3.8) is 0 Å². The van der Waals surface area contributed by atoms with Gasteiger partial charge in [-0.2, -0.15) is 0 Å². The van der Waals surface area contributed by atoms with Crippen LogP contribution in [0.5, 0.6) is 0 Å². The zero-order chi connectivity index (χ0) is 40.0. The molecule has 0 saturated carbocycles. The molecule has 0 aromatic carbocycles. The van der Waals surface area contributed by atoms with Crippen LogP contribution in [0.3, 0.4) is 0 Å². The van der Waals surface area contributed by atoms with E-state index < -0.39 is 18.1 Å². The standard InChI is InChI=1S/C46H75NO7/c1-6-8-10-12-14-16-18-20-21-22-23-25-27-29-31-33-35-37-45(49)54-42(40-52-39-38-43(46(50)51)47(3,4)5)41-53-44(48)36-34-32-30-28-26-24-19-17-15-13-11-9-7-2/h9,11,13-17,19-21,23,25,29,31,42-43H,6-8,10,12,18,22,24,26-28,30,32-41H2,1-5H3/p+1/b11-9+,15-13+,16-14+,19-17+,21-20+,25-23+,31-29+. The van der Waals surface area contributed by atoms with Crippen molar-refractivity contribution < 1.29 is 38.2 Å². The van der Waals surface area contributed by atoms with Crippen LogP contribution in [0.25, 0.3) is 0 Å². The predicted octanol–water partition coefficient (Wildman–Crippen LogP) is 11.0. The summed E-state index contributed by atoms with van der Waals surface area (Å²) in [5.41, 5.74) is 0. The first-order valence-corrected chi connectivity index (χ1v) is 20.7. The summed E-state index contributed by atoms with van der Waals surface area (Å²) in [5, 5.41) is 9.60. The number of carboxylic acid groups (broad SMARTS) is 1. The topological polar surface area (TPSA) is 99.1 Å². The van der Waals surface area contributed by atoms with Crippen molar-refractivity contribution in [3.05, 3.63) is 85.1 Å². The third kappa shape index (κ3) is 34.3. The Morgan fingerprint density at radius 2 is 1.13 bits per heavy atom. The van der Waals surface area contributed by atoms with Gasteiger partial charge >= 0.3 is 17.9 Å². The van der Waals surface area contributed by atoms with Gasteiger partial charge in [0.2, 0.25) is 0 Å². The van der Waals surface area contributed by atoms with Crippen LogP contribution < -0.4 is 0 Å². The molecule has 0 spiro atoms. The molecule has 0 aliphatic heterocycles. The highest BCUT2D eigenvalue weighted by molar-refractivity contribution is 5.72. The van der Waals surface area contributed by atoms with Gasteiger partial charge < -0.3 is 23.8 Å². The number of carbonyl (C=O) groups is 3. The molecule has 8 heteroatoms. The molecule has 0 saturated heterocycles. The fourth-order valence-electron chi connectivity index (χ4n) is 5.38. The van der Waals surface area contributed by atoms with Crippen LogP contribution in [0.1, 0.15) is 136 Å². The average molecular weight is 755 g/mol. The second kappa shape index (κ2) is 36.5. The zero-order valence-corrected chi connectivity index (χ0v) is 34.6. The lowest BCUT2D eigenvalue weighted by Gasteiger charge is -2.31. The molecule has 0 rings (SSSR count). The van der Waals surface area contributed by atoms with Gasteiger partial charge in [-0.1, -0.05) is 131 Å². The number of ether oxygens (including phenoxy) is 3. The minimum absolute atomic E-state index is 0.0271. The first-order chi connectivity index (χ1) is 26.1. The maximum absolute atomic E-state index is 12.7. The molecule has 2 atom stereocenters. The molecule has 1 N–H and O–H groups in total. The van der Waals surface area contributed by atoms with Crippen LogP contribution in [0, 0.1) is 0 Å². The van der Waals surface area contributed by atoms with Gasteiger partial charge in [0, 0.05) is 19.3 Å². The summed E-state index contributed by atoms with van der Waals surface area (Å²) in [6, 6.07) is -0.631. The van der Waals surface area contributed by atoms with E-state index >= 15 is 0 Å². The zero-order valence-electron chi connectivity index (χ0n) is 34.6. The van der Waals surface area contributed by atoms with Crippen LogP contribution in [0.15, 0.2) is 85.1 Å². The number of quaternary nitrogens is 1. The Hall–Kier alpha value is -3.49. The van der Waals surface area contributed by atoms with E-state index in [9.17, 15) is 19.5 Å². The molecular formula is C46H76NO7+. The van der Waals surface area contributed by atoms with Crippen molar-refractivity contribution in [3.8, 4) is 0 Å². The number of nitrogens with zero attached hydrogens (tertiary/aromatic N) is 1. The average Bonchev–Trinajstić information content (AvgIpc) is 3.12. The molecule has 0 bridgehead atoms. The lowest BCUT2D eigenvalue weighted by Crippen LogP contribution is -2.50. The van der Waals surface area contributed by atoms with Crippen LogP contribution in [0.2, 0.25) is 0 Å². The van der Waals surface area contributed by atoms with Crippen LogP contribution in [0.4, 0.5) is 0 Å². The smallest absolute Gasteiger partial charge is 0.362 e. The summed E-state index contributed by atoms with van der Waals surface area (Å²) in [6.45, 7) is 4.46. The van der Waals surface area contributed by atoms with E-state index in [-0.39, 0.29) is 42.7 Å². The van der Waals surface area contributed by atoms with Crippen molar-refractivity contribution in [2.75, 3.05) is 41.0 Å². The second-order valence-corrected chi connectivity index (χ2v) is 14.6. The lowest BCUT2D eigenvalue weighted by atomic mass is 10.1. The summed E-state index contributed by atoms with van der Waals surface area (Å²) in [7, 11) is 5.48. The number of carboxylic acids is 1. The predicted molar refractivity (Wildman–Crippen MR) is 224 cm³/mol. The first kappa shape index (κ1) is 50.5. The maximum atomic E-state index is 12.7. The molecule has 8 nitrogen and oxygen atoms in total. The van der Waals surface area contributed by atoms with Gasteiger partial charge in [-0.15, -0.1) is 0 Å². The number of likely N-dealkylation sites (N-methyl/N-ethyl adjacent to an activating group) is 1. The van der Waals surface area contributed by atoms with Crippen molar-refractivity contribution in [2.45, 2.75) is 148 Å². The van der Waals surface area contributed by atoms with Crippen LogP contribution >= 0.6 is 0 Å². The highest BCUT2D eigenvalue weighted by Gasteiger charge is 2.31. The highest BCUT2D eigenvalue weighted by atomic mass is 16.6. The number of hydrogen-bond donors (Lipinski definition) is 1. The van der Waals surface area contributed by atoms with Gasteiger partial charge in [0.15, 0.2) is 12.1 Å². The van der Waals surface area contributed by atoms with Gasteiger partial charge in [0.25, 0.3) is 0 Å². The molecule has 0 aliphatic carbocycles. The maximum Gasteiger partial charge on any atom is 0.362 e. The number of hydrogen-bond acceptors (Lipinski definition) is 6. The molecule has 2 unspecified atom stereocenters. The second-order valence-electron chi connectivity index (χ2n) is 14.6. The fraction of sp³-hybridized carbons (Fsp3) is 0.630. The Morgan fingerprint density at radius 3 is 1.74 bits per heavy atom. The van der Waals surface area contributed by atoms with Crippen molar-refractivity contribution >= 4 is 17.9 Å². The number of esters is 2. The van der Waals surface area contributed by atoms with Crippen LogP contribution in [-0.2, 0) is 28.6 Å². The third-order valence-corrected chi connectivity index (χ3v) is 8.59.